The van der Waals surface area contributed by atoms with Crippen LogP contribution in [0.2, 0.25) is 5.02 Å². The second-order valence-corrected chi connectivity index (χ2v) is 5.11. The number of hydrogen-bond acceptors (Lipinski definition) is 7. The van der Waals surface area contributed by atoms with Gasteiger partial charge in [-0.05, 0) is 25.1 Å². The molecule has 1 heterocycles. The van der Waals surface area contributed by atoms with Gasteiger partial charge in [0.05, 0.1) is 12.8 Å². The van der Waals surface area contributed by atoms with E-state index in [2.05, 4.69) is 15.3 Å². The van der Waals surface area contributed by atoms with E-state index in [0.29, 0.717) is 16.5 Å². The topological polar surface area (TPSA) is 116 Å². The molecule has 0 unspecified atom stereocenters. The van der Waals surface area contributed by atoms with Crippen LogP contribution >= 0.6 is 11.6 Å². The van der Waals surface area contributed by atoms with Crippen molar-refractivity contribution in [3.05, 3.63) is 41.3 Å². The van der Waals surface area contributed by atoms with Crippen LogP contribution in [0.1, 0.15) is 17.4 Å². The molecule has 2 rings (SSSR count). The number of ether oxygens (including phenoxy) is 2. The third kappa shape index (κ3) is 4.11. The van der Waals surface area contributed by atoms with Gasteiger partial charge in [-0.15, -0.1) is 0 Å². The van der Waals surface area contributed by atoms with Gasteiger partial charge in [-0.3, -0.25) is 4.79 Å². The van der Waals surface area contributed by atoms with Gasteiger partial charge < -0.3 is 20.5 Å². The Morgan fingerprint density at radius 3 is 2.67 bits per heavy atom. The average molecular weight is 351 g/mol. The lowest BCUT2D eigenvalue weighted by Gasteiger charge is -2.15. The molecule has 1 atom stereocenters. The van der Waals surface area contributed by atoms with E-state index in [1.165, 1.54) is 32.5 Å². The van der Waals surface area contributed by atoms with Crippen LogP contribution in [0.4, 0.5) is 11.5 Å². The van der Waals surface area contributed by atoms with Crippen LogP contribution in [0.3, 0.4) is 0 Å². The minimum Gasteiger partial charge on any atom is -0.495 e. The van der Waals surface area contributed by atoms with E-state index in [1.807, 2.05) is 0 Å². The maximum atomic E-state index is 12.2. The van der Waals surface area contributed by atoms with Gasteiger partial charge in [0, 0.05) is 17.4 Å². The number of nitrogens with two attached hydrogens (primary N) is 1. The van der Waals surface area contributed by atoms with Gasteiger partial charge in [-0.25, -0.2) is 14.8 Å². The Kier molecular flexibility index (Phi) is 5.54. The molecular formula is C15H15ClN4O4. The van der Waals surface area contributed by atoms with Gasteiger partial charge in [0.25, 0.3) is 5.91 Å². The summed E-state index contributed by atoms with van der Waals surface area (Å²) in [6.07, 6.45) is 1.55. The smallest absolute Gasteiger partial charge is 0.361 e. The fraction of sp³-hybridized carbons (Fsp3) is 0.200. The van der Waals surface area contributed by atoms with Crippen LogP contribution in [0.5, 0.6) is 5.75 Å². The van der Waals surface area contributed by atoms with E-state index in [0.717, 1.165) is 0 Å². The molecule has 0 spiro atoms. The fourth-order valence-electron chi connectivity index (χ4n) is 1.79. The molecule has 1 aromatic heterocycles. The highest BCUT2D eigenvalue weighted by atomic mass is 35.5. The van der Waals surface area contributed by atoms with E-state index in [4.69, 9.17) is 26.8 Å². The first-order chi connectivity index (χ1) is 11.4. The number of halogens is 1. The lowest BCUT2D eigenvalue weighted by molar-refractivity contribution is -0.123. The van der Waals surface area contributed by atoms with Gasteiger partial charge in [-0.2, -0.15) is 0 Å². The van der Waals surface area contributed by atoms with Crippen LogP contribution in [0.15, 0.2) is 30.6 Å². The molecule has 0 aliphatic rings. The fourth-order valence-corrected chi connectivity index (χ4v) is 1.96. The molecule has 0 saturated carbocycles. The number of carbonyl (C=O) groups excluding carboxylic acids is 2. The van der Waals surface area contributed by atoms with E-state index in [1.54, 1.807) is 12.1 Å². The van der Waals surface area contributed by atoms with Crippen molar-refractivity contribution in [3.63, 3.8) is 0 Å². The second-order valence-electron chi connectivity index (χ2n) is 4.67. The van der Waals surface area contributed by atoms with Crippen molar-refractivity contribution in [2.45, 2.75) is 13.0 Å². The summed E-state index contributed by atoms with van der Waals surface area (Å²) >= 11 is 5.90. The molecule has 1 amide bonds. The predicted octanol–water partition coefficient (Wildman–Crippen LogP) is 1.90. The monoisotopic (exact) mass is 350 g/mol. The number of aromatic nitrogens is 2. The zero-order valence-electron chi connectivity index (χ0n) is 12.9. The summed E-state index contributed by atoms with van der Waals surface area (Å²) < 4.78 is 10.2. The summed E-state index contributed by atoms with van der Waals surface area (Å²) in [7, 11) is 1.46. The second kappa shape index (κ2) is 7.60. The minimum absolute atomic E-state index is 0.0772. The number of carbonyl (C=O) groups is 2. The summed E-state index contributed by atoms with van der Waals surface area (Å²) in [6, 6.07) is 4.75. The van der Waals surface area contributed by atoms with Gasteiger partial charge in [0.2, 0.25) is 0 Å². The van der Waals surface area contributed by atoms with Crippen LogP contribution < -0.4 is 15.8 Å². The molecule has 0 fully saturated rings. The number of anilines is 2. The Hall–Kier alpha value is -2.87. The molecule has 1 aromatic carbocycles. The number of methoxy groups -OCH3 is 1. The molecule has 2 aromatic rings. The number of esters is 1. The average Bonchev–Trinajstić information content (AvgIpc) is 2.55. The largest absolute Gasteiger partial charge is 0.495 e. The highest BCUT2D eigenvalue weighted by Gasteiger charge is 2.22. The van der Waals surface area contributed by atoms with E-state index in [-0.39, 0.29) is 11.5 Å². The lowest BCUT2D eigenvalue weighted by atomic mass is 10.2. The highest BCUT2D eigenvalue weighted by Crippen LogP contribution is 2.27. The summed E-state index contributed by atoms with van der Waals surface area (Å²) in [4.78, 5) is 31.7. The zero-order chi connectivity index (χ0) is 17.7. The first kappa shape index (κ1) is 17.5. The Balaban J connectivity index is 2.06. The number of nitrogens with one attached hydrogen (secondary N) is 1. The van der Waals surface area contributed by atoms with Crippen molar-refractivity contribution < 1.29 is 19.1 Å². The first-order valence-corrected chi connectivity index (χ1v) is 7.22. The minimum atomic E-state index is -1.09. The van der Waals surface area contributed by atoms with Gasteiger partial charge in [0.1, 0.15) is 5.75 Å². The Bertz CT molecular complexity index is 769. The molecule has 0 radical (unpaired) electrons. The maximum absolute atomic E-state index is 12.2. The summed E-state index contributed by atoms with van der Waals surface area (Å²) in [5, 5.41) is 3.00. The Morgan fingerprint density at radius 2 is 2.00 bits per heavy atom. The van der Waals surface area contributed by atoms with Crippen molar-refractivity contribution in [1.29, 1.82) is 0 Å². The number of benzene rings is 1. The number of rotatable bonds is 5. The normalized spacial score (nSPS) is 11.5. The van der Waals surface area contributed by atoms with Crippen molar-refractivity contribution >= 4 is 35.0 Å². The first-order valence-electron chi connectivity index (χ1n) is 6.84. The van der Waals surface area contributed by atoms with Crippen LogP contribution in [-0.2, 0) is 9.53 Å². The van der Waals surface area contributed by atoms with E-state index >= 15 is 0 Å². The molecule has 8 nitrogen and oxygen atoms in total. The molecule has 3 N–H and O–H groups in total. The quantitative estimate of drug-likeness (QED) is 0.791. The van der Waals surface area contributed by atoms with Crippen molar-refractivity contribution in [3.8, 4) is 5.75 Å². The number of hydrogen-bond donors (Lipinski definition) is 2. The lowest BCUT2D eigenvalue weighted by Crippen LogP contribution is -2.30. The molecule has 24 heavy (non-hydrogen) atoms. The van der Waals surface area contributed by atoms with Crippen molar-refractivity contribution in [2.75, 3.05) is 18.2 Å². The third-order valence-corrected chi connectivity index (χ3v) is 3.23. The molecule has 0 bridgehead atoms. The highest BCUT2D eigenvalue weighted by molar-refractivity contribution is 6.31. The Labute approximate surface area is 142 Å². The summed E-state index contributed by atoms with van der Waals surface area (Å²) in [5.74, 6) is -1.07. The summed E-state index contributed by atoms with van der Waals surface area (Å²) in [6.45, 7) is 1.41. The molecule has 126 valence electrons. The van der Waals surface area contributed by atoms with Crippen molar-refractivity contribution in [1.82, 2.24) is 9.97 Å². The SMILES string of the molecule is COc1ccc(Cl)cc1NC(=O)[C@H](C)OC(=O)c1nccnc1N. The number of nitrogens with zero attached hydrogens (tertiary/aromatic N) is 2. The number of amides is 1. The maximum Gasteiger partial charge on any atom is 0.361 e. The molecule has 0 aliphatic heterocycles. The third-order valence-electron chi connectivity index (χ3n) is 2.99. The van der Waals surface area contributed by atoms with Gasteiger partial charge >= 0.3 is 5.97 Å². The van der Waals surface area contributed by atoms with Crippen LogP contribution in [0, 0.1) is 0 Å². The Morgan fingerprint density at radius 1 is 1.29 bits per heavy atom. The molecule has 0 aliphatic carbocycles. The van der Waals surface area contributed by atoms with Crippen molar-refractivity contribution in [2.24, 2.45) is 0 Å². The van der Waals surface area contributed by atoms with Gasteiger partial charge in [0.15, 0.2) is 17.6 Å². The molecule has 0 saturated heterocycles. The number of nitrogen functional groups attached to an aromatic ring is 1. The van der Waals surface area contributed by atoms with E-state index < -0.39 is 18.0 Å². The van der Waals surface area contributed by atoms with E-state index in [9.17, 15) is 9.59 Å². The predicted molar refractivity (Wildman–Crippen MR) is 88.0 cm³/mol. The van der Waals surface area contributed by atoms with Gasteiger partial charge in [-0.1, -0.05) is 11.6 Å². The summed E-state index contributed by atoms with van der Waals surface area (Å²) in [5.41, 5.74) is 5.75. The molecule has 9 heteroatoms. The zero-order valence-corrected chi connectivity index (χ0v) is 13.7. The molecular weight excluding hydrogens is 336 g/mol. The van der Waals surface area contributed by atoms with Crippen LogP contribution in [-0.4, -0.2) is 35.1 Å². The van der Waals surface area contributed by atoms with Crippen LogP contribution in [0.25, 0.3) is 0 Å². The standard InChI is InChI=1S/C15H15ClN4O4/c1-8(24-15(22)12-13(17)19-6-5-18-12)14(21)20-10-7-9(16)3-4-11(10)23-2/h3-8H,1-2H3,(H2,17,19)(H,20,21)/t8-/m0/s1.